The van der Waals surface area contributed by atoms with Crippen molar-refractivity contribution in [3.8, 4) is 0 Å². The lowest BCUT2D eigenvalue weighted by Gasteiger charge is -2.17. The first-order valence-electron chi connectivity index (χ1n) is 4.12. The Morgan fingerprint density at radius 3 is 2.67 bits per heavy atom. The number of nitrogens with one attached hydrogen (secondary N) is 2. The summed E-state index contributed by atoms with van der Waals surface area (Å²) < 4.78 is 0. The van der Waals surface area contributed by atoms with Crippen molar-refractivity contribution in [2.24, 2.45) is 0 Å². The second-order valence-electron chi connectivity index (χ2n) is 3.16. The van der Waals surface area contributed by atoms with Crippen LogP contribution in [0.15, 0.2) is 0 Å². The first kappa shape index (κ1) is 9.88. The van der Waals surface area contributed by atoms with Crippen molar-refractivity contribution in [2.45, 2.75) is 31.4 Å². The highest BCUT2D eigenvalue weighted by molar-refractivity contribution is 4.91. The molecule has 0 bridgehead atoms. The van der Waals surface area contributed by atoms with Gasteiger partial charge < -0.3 is 20.6 Å². The molecule has 0 aliphatic carbocycles. The SMILES string of the molecule is C[C@@H](O)NCC1NCC(O)C1O. The predicted octanol–water partition coefficient (Wildman–Crippen LogP) is -2.39. The Morgan fingerprint density at radius 1 is 1.58 bits per heavy atom. The summed E-state index contributed by atoms with van der Waals surface area (Å²) in [6.45, 7) is 2.47. The third kappa shape index (κ3) is 2.40. The molecule has 0 aromatic heterocycles. The van der Waals surface area contributed by atoms with Crippen molar-refractivity contribution in [3.63, 3.8) is 0 Å². The zero-order chi connectivity index (χ0) is 9.14. The fraction of sp³-hybridized carbons (Fsp3) is 1.00. The van der Waals surface area contributed by atoms with Gasteiger partial charge in [-0.05, 0) is 6.92 Å². The molecule has 1 aliphatic heterocycles. The molecule has 0 aromatic rings. The zero-order valence-corrected chi connectivity index (χ0v) is 7.07. The highest BCUT2D eigenvalue weighted by atomic mass is 16.3. The first-order chi connectivity index (χ1) is 5.61. The number of aliphatic hydroxyl groups excluding tert-OH is 3. The average molecular weight is 176 g/mol. The highest BCUT2D eigenvalue weighted by Gasteiger charge is 2.32. The smallest absolute Gasteiger partial charge is 0.102 e. The van der Waals surface area contributed by atoms with Crippen LogP contribution < -0.4 is 10.6 Å². The highest BCUT2D eigenvalue weighted by Crippen LogP contribution is 2.06. The van der Waals surface area contributed by atoms with Gasteiger partial charge in [0, 0.05) is 19.1 Å². The summed E-state index contributed by atoms with van der Waals surface area (Å²) in [5, 5.41) is 33.0. The maximum atomic E-state index is 9.34. The molecule has 1 fully saturated rings. The third-order valence-electron chi connectivity index (χ3n) is 2.03. The Hall–Kier alpha value is -0.200. The summed E-state index contributed by atoms with van der Waals surface area (Å²) in [6.07, 6.45) is -2.02. The normalized spacial score (nSPS) is 38.5. The maximum absolute atomic E-state index is 9.34. The van der Waals surface area contributed by atoms with Crippen LogP contribution in [0, 0.1) is 0 Å². The standard InChI is InChI=1S/C7H16N2O3/c1-4(10)8-2-5-7(12)6(11)3-9-5/h4-12H,2-3H2,1H3/t4-,5?,6?,7?/m1/s1. The summed E-state index contributed by atoms with van der Waals surface area (Å²) >= 11 is 0. The lowest BCUT2D eigenvalue weighted by molar-refractivity contribution is 0.0375. The topological polar surface area (TPSA) is 84.8 Å². The van der Waals surface area contributed by atoms with Gasteiger partial charge in [0.25, 0.3) is 0 Å². The fourth-order valence-electron chi connectivity index (χ4n) is 1.27. The molecule has 5 N–H and O–H groups in total. The van der Waals surface area contributed by atoms with E-state index in [1.807, 2.05) is 0 Å². The van der Waals surface area contributed by atoms with Crippen molar-refractivity contribution in [2.75, 3.05) is 13.1 Å². The molecule has 3 unspecified atom stereocenters. The number of aliphatic hydroxyl groups is 3. The third-order valence-corrected chi connectivity index (χ3v) is 2.03. The van der Waals surface area contributed by atoms with Crippen LogP contribution >= 0.6 is 0 Å². The largest absolute Gasteiger partial charge is 0.389 e. The molecule has 1 heterocycles. The lowest BCUT2D eigenvalue weighted by Crippen LogP contribution is -2.44. The molecule has 72 valence electrons. The Morgan fingerprint density at radius 2 is 2.25 bits per heavy atom. The molecule has 0 spiro atoms. The van der Waals surface area contributed by atoms with Crippen molar-refractivity contribution in [1.29, 1.82) is 0 Å². The Labute approximate surface area is 71.4 Å². The molecular weight excluding hydrogens is 160 g/mol. The van der Waals surface area contributed by atoms with Crippen LogP contribution in [0.2, 0.25) is 0 Å². The van der Waals surface area contributed by atoms with E-state index in [2.05, 4.69) is 10.6 Å². The van der Waals surface area contributed by atoms with E-state index in [4.69, 9.17) is 10.2 Å². The molecule has 1 aliphatic rings. The maximum Gasteiger partial charge on any atom is 0.102 e. The minimum atomic E-state index is -0.740. The van der Waals surface area contributed by atoms with Crippen LogP contribution in [-0.2, 0) is 0 Å². The van der Waals surface area contributed by atoms with Gasteiger partial charge in [-0.15, -0.1) is 0 Å². The quantitative estimate of drug-likeness (QED) is 0.310. The van der Waals surface area contributed by atoms with Crippen LogP contribution in [0.1, 0.15) is 6.92 Å². The van der Waals surface area contributed by atoms with Gasteiger partial charge in [0.2, 0.25) is 0 Å². The molecule has 0 saturated carbocycles. The molecule has 1 saturated heterocycles. The molecule has 5 heteroatoms. The van der Waals surface area contributed by atoms with Gasteiger partial charge >= 0.3 is 0 Å². The minimum absolute atomic E-state index is 0.172. The van der Waals surface area contributed by atoms with Crippen molar-refractivity contribution < 1.29 is 15.3 Å². The van der Waals surface area contributed by atoms with E-state index in [1.54, 1.807) is 6.92 Å². The van der Waals surface area contributed by atoms with Crippen LogP contribution in [0.3, 0.4) is 0 Å². The summed E-state index contributed by atoms with van der Waals surface area (Å²) in [4.78, 5) is 0. The molecule has 0 amide bonds. The van der Waals surface area contributed by atoms with Gasteiger partial charge in [0.05, 0.1) is 12.2 Å². The van der Waals surface area contributed by atoms with Crippen LogP contribution in [-0.4, -0.2) is 52.9 Å². The average Bonchev–Trinajstić information content (AvgIpc) is 2.30. The molecule has 1 rings (SSSR count). The van der Waals surface area contributed by atoms with E-state index in [0.717, 1.165) is 0 Å². The summed E-state index contributed by atoms with van der Waals surface area (Å²) in [7, 11) is 0. The van der Waals surface area contributed by atoms with Crippen LogP contribution in [0.5, 0.6) is 0 Å². The zero-order valence-electron chi connectivity index (χ0n) is 7.07. The number of rotatable bonds is 3. The van der Waals surface area contributed by atoms with E-state index in [0.29, 0.717) is 13.1 Å². The minimum Gasteiger partial charge on any atom is -0.389 e. The molecular formula is C7H16N2O3. The van der Waals surface area contributed by atoms with E-state index >= 15 is 0 Å². The van der Waals surface area contributed by atoms with E-state index in [9.17, 15) is 5.11 Å². The lowest BCUT2D eigenvalue weighted by atomic mass is 10.1. The molecule has 12 heavy (non-hydrogen) atoms. The van der Waals surface area contributed by atoms with Crippen molar-refractivity contribution >= 4 is 0 Å². The van der Waals surface area contributed by atoms with Gasteiger partial charge in [0.15, 0.2) is 0 Å². The van der Waals surface area contributed by atoms with Crippen molar-refractivity contribution in [3.05, 3.63) is 0 Å². The van der Waals surface area contributed by atoms with Gasteiger partial charge in [-0.25, -0.2) is 0 Å². The van der Waals surface area contributed by atoms with E-state index < -0.39 is 18.4 Å². The second-order valence-corrected chi connectivity index (χ2v) is 3.16. The molecule has 4 atom stereocenters. The molecule has 5 nitrogen and oxygen atoms in total. The fourth-order valence-corrected chi connectivity index (χ4v) is 1.27. The van der Waals surface area contributed by atoms with Crippen LogP contribution in [0.25, 0.3) is 0 Å². The first-order valence-corrected chi connectivity index (χ1v) is 4.12. The predicted molar refractivity (Wildman–Crippen MR) is 43.5 cm³/mol. The molecule has 0 radical (unpaired) electrons. The number of β-amino-alcohol motifs (C(OH)–C–C–N with tert-alkyl or cyclic N) is 1. The monoisotopic (exact) mass is 176 g/mol. The van der Waals surface area contributed by atoms with Gasteiger partial charge in [-0.2, -0.15) is 0 Å². The van der Waals surface area contributed by atoms with Gasteiger partial charge in [-0.3, -0.25) is 5.32 Å². The molecule has 0 aromatic carbocycles. The second kappa shape index (κ2) is 4.15. The summed E-state index contributed by atoms with van der Waals surface area (Å²) in [5.41, 5.74) is 0. The van der Waals surface area contributed by atoms with E-state index in [-0.39, 0.29) is 6.04 Å². The van der Waals surface area contributed by atoms with Gasteiger partial charge in [-0.1, -0.05) is 0 Å². The number of hydrogen-bond acceptors (Lipinski definition) is 5. The Kier molecular flexibility index (Phi) is 3.42. The summed E-state index contributed by atoms with van der Waals surface area (Å²) in [6, 6.07) is -0.172. The van der Waals surface area contributed by atoms with Crippen LogP contribution in [0.4, 0.5) is 0 Å². The Bertz CT molecular complexity index is 143. The van der Waals surface area contributed by atoms with Gasteiger partial charge in [0.1, 0.15) is 6.23 Å². The Balaban J connectivity index is 2.24. The van der Waals surface area contributed by atoms with Crippen molar-refractivity contribution in [1.82, 2.24) is 10.6 Å². The van der Waals surface area contributed by atoms with E-state index in [1.165, 1.54) is 0 Å². The number of hydrogen-bond donors (Lipinski definition) is 5. The summed E-state index contributed by atoms with van der Waals surface area (Å²) in [5.74, 6) is 0.